The van der Waals surface area contributed by atoms with Crippen LogP contribution in [0, 0.1) is 7.14 Å². The van der Waals surface area contributed by atoms with Gasteiger partial charge in [-0.05, 0) is 75.7 Å². The lowest BCUT2D eigenvalue weighted by Gasteiger charge is -2.01. The summed E-state index contributed by atoms with van der Waals surface area (Å²) in [4.78, 5) is 0. The van der Waals surface area contributed by atoms with Crippen LogP contribution in [0.15, 0.2) is 18.2 Å². The van der Waals surface area contributed by atoms with E-state index in [2.05, 4.69) is 70.3 Å². The van der Waals surface area contributed by atoms with Gasteiger partial charge < -0.3 is 0 Å². The van der Waals surface area contributed by atoms with Crippen LogP contribution in [-0.4, -0.2) is 0 Å². The Balaban J connectivity index is 2.69. The van der Waals surface area contributed by atoms with Crippen LogP contribution in [0.2, 0.25) is 0 Å². The highest BCUT2D eigenvalue weighted by molar-refractivity contribution is 14.1. The normalized spacial score (nSPS) is 10.2. The summed E-state index contributed by atoms with van der Waals surface area (Å²) < 4.78 is 2.73. The van der Waals surface area contributed by atoms with E-state index in [1.807, 2.05) is 0 Å². The summed E-state index contributed by atoms with van der Waals surface area (Å²) in [5.74, 6) is 0. The topological polar surface area (TPSA) is 0 Å². The maximum absolute atomic E-state index is 2.39. The van der Waals surface area contributed by atoms with Crippen molar-refractivity contribution >= 4 is 45.2 Å². The molecule has 0 saturated carbocycles. The van der Waals surface area contributed by atoms with E-state index in [4.69, 9.17) is 0 Å². The van der Waals surface area contributed by atoms with Gasteiger partial charge in [-0.25, -0.2) is 0 Å². The van der Waals surface area contributed by atoms with Crippen molar-refractivity contribution in [2.75, 3.05) is 0 Å². The summed E-state index contributed by atoms with van der Waals surface area (Å²) in [6.45, 7) is 2.23. The Hall–Kier alpha value is 0.680. The van der Waals surface area contributed by atoms with Crippen LogP contribution in [0.1, 0.15) is 25.3 Å². The van der Waals surface area contributed by atoms with Gasteiger partial charge in [0.25, 0.3) is 0 Å². The molecule has 1 aromatic rings. The van der Waals surface area contributed by atoms with Gasteiger partial charge in [0.1, 0.15) is 0 Å². The first kappa shape index (κ1) is 10.8. The summed E-state index contributed by atoms with van der Waals surface area (Å²) in [6, 6.07) is 6.73. The van der Waals surface area contributed by atoms with E-state index in [9.17, 15) is 0 Å². The first-order valence-electron chi connectivity index (χ1n) is 4.18. The predicted octanol–water partition coefficient (Wildman–Crippen LogP) is 4.24. The standard InChI is InChI=1S/C10H12I2/c1-2-3-4-8-5-6-9(11)10(12)7-8/h5-7H,2-4H2,1H3. The minimum atomic E-state index is 1.23. The van der Waals surface area contributed by atoms with E-state index >= 15 is 0 Å². The number of hydrogen-bond acceptors (Lipinski definition) is 0. The van der Waals surface area contributed by atoms with Gasteiger partial charge in [0.2, 0.25) is 0 Å². The van der Waals surface area contributed by atoms with Crippen molar-refractivity contribution in [1.29, 1.82) is 0 Å². The van der Waals surface area contributed by atoms with Crippen LogP contribution in [0.25, 0.3) is 0 Å². The predicted molar refractivity (Wildman–Crippen MR) is 70.5 cm³/mol. The molecule has 0 amide bonds. The molecule has 0 N–H and O–H groups in total. The van der Waals surface area contributed by atoms with E-state index in [0.717, 1.165) is 0 Å². The van der Waals surface area contributed by atoms with Crippen LogP contribution in [-0.2, 0) is 6.42 Å². The third kappa shape index (κ3) is 3.20. The van der Waals surface area contributed by atoms with Gasteiger partial charge in [-0.15, -0.1) is 0 Å². The molecule has 0 aromatic heterocycles. The molecule has 2 heteroatoms. The molecule has 0 bridgehead atoms. The number of halogens is 2. The minimum Gasteiger partial charge on any atom is -0.0654 e. The van der Waals surface area contributed by atoms with Crippen LogP contribution in [0.4, 0.5) is 0 Å². The molecule has 0 spiro atoms. The van der Waals surface area contributed by atoms with Gasteiger partial charge in [0, 0.05) is 7.14 Å². The Labute approximate surface area is 101 Å². The number of unbranched alkanes of at least 4 members (excludes halogenated alkanes) is 1. The Morgan fingerprint density at radius 3 is 2.50 bits per heavy atom. The number of rotatable bonds is 3. The van der Waals surface area contributed by atoms with Crippen molar-refractivity contribution in [3.63, 3.8) is 0 Å². The lowest BCUT2D eigenvalue weighted by molar-refractivity contribution is 0.794. The molecule has 0 saturated heterocycles. The number of benzene rings is 1. The molecule has 0 atom stereocenters. The van der Waals surface area contributed by atoms with E-state index in [-0.39, 0.29) is 0 Å². The van der Waals surface area contributed by atoms with Gasteiger partial charge in [0.05, 0.1) is 0 Å². The quantitative estimate of drug-likeness (QED) is 0.683. The van der Waals surface area contributed by atoms with E-state index in [1.54, 1.807) is 0 Å². The average Bonchev–Trinajstić information content (AvgIpc) is 2.07. The maximum Gasteiger partial charge on any atom is 0.0266 e. The highest BCUT2D eigenvalue weighted by Gasteiger charge is 1.97. The van der Waals surface area contributed by atoms with Gasteiger partial charge in [-0.2, -0.15) is 0 Å². The molecule has 1 aromatic carbocycles. The molecule has 0 aliphatic carbocycles. The second-order valence-electron chi connectivity index (χ2n) is 2.85. The monoisotopic (exact) mass is 386 g/mol. The maximum atomic E-state index is 2.39. The second-order valence-corrected chi connectivity index (χ2v) is 5.18. The van der Waals surface area contributed by atoms with Gasteiger partial charge >= 0.3 is 0 Å². The lowest BCUT2D eigenvalue weighted by Crippen LogP contribution is -1.87. The Bertz CT molecular complexity index is 256. The van der Waals surface area contributed by atoms with Crippen molar-refractivity contribution in [2.24, 2.45) is 0 Å². The van der Waals surface area contributed by atoms with E-state index in [0.29, 0.717) is 0 Å². The van der Waals surface area contributed by atoms with Crippen molar-refractivity contribution in [2.45, 2.75) is 26.2 Å². The van der Waals surface area contributed by atoms with Gasteiger partial charge in [-0.3, -0.25) is 0 Å². The fourth-order valence-electron chi connectivity index (χ4n) is 1.08. The molecule has 0 heterocycles. The molecule has 12 heavy (non-hydrogen) atoms. The summed E-state index contributed by atoms with van der Waals surface area (Å²) >= 11 is 4.77. The Morgan fingerprint density at radius 2 is 1.92 bits per heavy atom. The summed E-state index contributed by atoms with van der Waals surface area (Å²) in [7, 11) is 0. The lowest BCUT2D eigenvalue weighted by atomic mass is 10.1. The molecule has 0 aliphatic heterocycles. The Kier molecular flexibility index (Phi) is 4.86. The highest BCUT2D eigenvalue weighted by atomic mass is 127. The van der Waals surface area contributed by atoms with Crippen LogP contribution < -0.4 is 0 Å². The van der Waals surface area contributed by atoms with Gasteiger partial charge in [0.15, 0.2) is 0 Å². The number of hydrogen-bond donors (Lipinski definition) is 0. The van der Waals surface area contributed by atoms with Crippen molar-refractivity contribution in [1.82, 2.24) is 0 Å². The molecule has 0 fully saturated rings. The largest absolute Gasteiger partial charge is 0.0654 e. The third-order valence-electron chi connectivity index (χ3n) is 1.80. The molecule has 0 aliphatic rings. The molecule has 0 nitrogen and oxygen atoms in total. The van der Waals surface area contributed by atoms with Gasteiger partial charge in [-0.1, -0.05) is 19.4 Å². The third-order valence-corrected chi connectivity index (χ3v) is 4.67. The van der Waals surface area contributed by atoms with Crippen LogP contribution in [0.3, 0.4) is 0 Å². The SMILES string of the molecule is CCCCc1ccc(I)c(I)c1. The average molecular weight is 386 g/mol. The molecular formula is C10H12I2. The fraction of sp³-hybridized carbons (Fsp3) is 0.400. The van der Waals surface area contributed by atoms with Crippen LogP contribution >= 0.6 is 45.2 Å². The second kappa shape index (κ2) is 5.42. The molecule has 0 radical (unpaired) electrons. The zero-order chi connectivity index (χ0) is 8.97. The molecular weight excluding hydrogens is 374 g/mol. The molecule has 1 rings (SSSR count). The van der Waals surface area contributed by atoms with Crippen molar-refractivity contribution < 1.29 is 0 Å². The summed E-state index contributed by atoms with van der Waals surface area (Å²) in [6.07, 6.45) is 3.81. The smallest absolute Gasteiger partial charge is 0.0266 e. The first-order valence-corrected chi connectivity index (χ1v) is 6.33. The summed E-state index contributed by atoms with van der Waals surface area (Å²) in [5, 5.41) is 0. The molecule has 66 valence electrons. The van der Waals surface area contributed by atoms with Crippen molar-refractivity contribution in [3.8, 4) is 0 Å². The Morgan fingerprint density at radius 1 is 1.17 bits per heavy atom. The van der Waals surface area contributed by atoms with E-state index in [1.165, 1.54) is 32.0 Å². The summed E-state index contributed by atoms with van der Waals surface area (Å²) in [5.41, 5.74) is 1.47. The number of aryl methyl sites for hydroxylation is 1. The van der Waals surface area contributed by atoms with Crippen LogP contribution in [0.5, 0.6) is 0 Å². The highest BCUT2D eigenvalue weighted by Crippen LogP contribution is 2.17. The zero-order valence-corrected chi connectivity index (χ0v) is 11.4. The van der Waals surface area contributed by atoms with Crippen molar-refractivity contribution in [3.05, 3.63) is 30.9 Å². The first-order chi connectivity index (χ1) is 5.74. The fourth-order valence-corrected chi connectivity index (χ4v) is 1.99. The molecule has 0 unspecified atom stereocenters. The zero-order valence-electron chi connectivity index (χ0n) is 7.11. The van der Waals surface area contributed by atoms with E-state index < -0.39 is 0 Å². The minimum absolute atomic E-state index is 1.23.